The molecule has 8 heteroatoms. The molecule has 0 aromatic heterocycles. The van der Waals surface area contributed by atoms with Crippen molar-refractivity contribution < 1.29 is 19.1 Å². The number of nitrogens with one attached hydrogen (secondary N) is 2. The van der Waals surface area contributed by atoms with Gasteiger partial charge < -0.3 is 20.3 Å². The minimum atomic E-state index is -0.794. The van der Waals surface area contributed by atoms with E-state index in [0.29, 0.717) is 25.3 Å². The first-order valence-corrected chi connectivity index (χ1v) is 17.0. The van der Waals surface area contributed by atoms with E-state index in [9.17, 15) is 14.4 Å². The predicted molar refractivity (Wildman–Crippen MR) is 172 cm³/mol. The van der Waals surface area contributed by atoms with Crippen LogP contribution in [-0.2, 0) is 14.3 Å². The maximum atomic E-state index is 14.4. The Morgan fingerprint density at radius 3 is 2.10 bits per heavy atom. The molecule has 0 saturated heterocycles. The number of hydrogen-bond acceptors (Lipinski definition) is 5. The van der Waals surface area contributed by atoms with Gasteiger partial charge in [0.05, 0.1) is 0 Å². The Hall–Kier alpha value is -2.22. The molecule has 41 heavy (non-hydrogen) atoms. The summed E-state index contributed by atoms with van der Waals surface area (Å²) < 4.78 is 5.51. The van der Waals surface area contributed by atoms with Crippen LogP contribution >= 0.6 is 11.8 Å². The van der Waals surface area contributed by atoms with E-state index in [1.165, 1.54) is 19.3 Å². The van der Waals surface area contributed by atoms with E-state index < -0.39 is 23.8 Å². The fourth-order valence-corrected chi connectivity index (χ4v) is 5.41. The number of carbonyl (C=O) groups excluding carboxylic acids is 3. The zero-order chi connectivity index (χ0) is 30.8. The normalized spacial score (nSPS) is 12.9. The first kappa shape index (κ1) is 36.8. The molecule has 3 amide bonds. The summed E-state index contributed by atoms with van der Waals surface area (Å²) in [6, 6.07) is 4.40. The van der Waals surface area contributed by atoms with Gasteiger partial charge in [-0.2, -0.15) is 11.8 Å². The van der Waals surface area contributed by atoms with Gasteiger partial charge in [-0.3, -0.25) is 9.59 Å². The molecule has 0 bridgehead atoms. The maximum Gasteiger partial charge on any atom is 0.408 e. The second kappa shape index (κ2) is 19.8. The predicted octanol–water partition coefficient (Wildman–Crippen LogP) is 7.49. The first-order chi connectivity index (χ1) is 19.5. The summed E-state index contributed by atoms with van der Waals surface area (Å²) in [6.07, 6.45) is 11.2. The van der Waals surface area contributed by atoms with E-state index in [2.05, 4.69) is 24.5 Å². The zero-order valence-corrected chi connectivity index (χ0v) is 27.9. The van der Waals surface area contributed by atoms with Gasteiger partial charge in [-0.25, -0.2) is 4.79 Å². The quantitative estimate of drug-likeness (QED) is 0.163. The number of nitrogens with zero attached hydrogens (tertiary/aromatic N) is 1. The molecule has 2 atom stereocenters. The number of hydrogen-bond donors (Lipinski definition) is 2. The first-order valence-electron chi connectivity index (χ1n) is 15.6. The molecule has 1 rings (SSSR count). The molecule has 0 aliphatic rings. The van der Waals surface area contributed by atoms with Crippen LogP contribution in [0.5, 0.6) is 0 Å². The molecule has 2 N–H and O–H groups in total. The number of amides is 3. The zero-order valence-electron chi connectivity index (χ0n) is 27.1. The summed E-state index contributed by atoms with van der Waals surface area (Å²) >= 11 is 1.62. The van der Waals surface area contributed by atoms with E-state index in [-0.39, 0.29) is 11.8 Å². The summed E-state index contributed by atoms with van der Waals surface area (Å²) in [5.74, 6) is 0.280. The molecule has 0 saturated carbocycles. The van der Waals surface area contributed by atoms with Crippen molar-refractivity contribution in [3.8, 4) is 0 Å². The largest absolute Gasteiger partial charge is 0.444 e. The lowest BCUT2D eigenvalue weighted by Crippen LogP contribution is -2.53. The van der Waals surface area contributed by atoms with Crippen LogP contribution in [0.15, 0.2) is 18.2 Å². The minimum absolute atomic E-state index is 0.168. The Morgan fingerprint density at radius 2 is 1.51 bits per heavy atom. The average molecular weight is 592 g/mol. The van der Waals surface area contributed by atoms with Crippen LogP contribution in [-0.4, -0.2) is 59.5 Å². The van der Waals surface area contributed by atoms with Crippen LogP contribution in [0.1, 0.15) is 122 Å². The Morgan fingerprint density at radius 1 is 0.927 bits per heavy atom. The van der Waals surface area contributed by atoms with Crippen molar-refractivity contribution in [3.63, 3.8) is 0 Å². The molecule has 2 unspecified atom stereocenters. The van der Waals surface area contributed by atoms with Crippen molar-refractivity contribution in [1.29, 1.82) is 0 Å². The number of aryl methyl sites for hydroxylation is 2. The number of unbranched alkanes of at least 4 members (excludes halogenated alkanes) is 7. The Bertz CT molecular complexity index is 911. The van der Waals surface area contributed by atoms with Crippen LogP contribution in [0.2, 0.25) is 0 Å². The van der Waals surface area contributed by atoms with E-state index in [0.717, 1.165) is 55.2 Å². The van der Waals surface area contributed by atoms with Gasteiger partial charge in [0.1, 0.15) is 17.7 Å². The molecule has 7 nitrogen and oxygen atoms in total. The van der Waals surface area contributed by atoms with Gasteiger partial charge in [0.2, 0.25) is 11.8 Å². The van der Waals surface area contributed by atoms with Gasteiger partial charge in [-0.05, 0) is 82.6 Å². The number of rotatable bonds is 19. The lowest BCUT2D eigenvalue weighted by molar-refractivity contribution is -0.142. The third-order valence-corrected chi connectivity index (χ3v) is 7.73. The van der Waals surface area contributed by atoms with E-state index in [1.54, 1.807) is 37.4 Å². The molecule has 0 aliphatic heterocycles. The molecule has 0 aliphatic carbocycles. The topological polar surface area (TPSA) is 87.7 Å². The fourth-order valence-electron chi connectivity index (χ4n) is 4.94. The summed E-state index contributed by atoms with van der Waals surface area (Å²) in [4.78, 5) is 42.9. The Balaban J connectivity index is 3.48. The van der Waals surface area contributed by atoms with Crippen molar-refractivity contribution in [2.75, 3.05) is 25.1 Å². The van der Waals surface area contributed by atoms with Crippen LogP contribution < -0.4 is 10.6 Å². The van der Waals surface area contributed by atoms with Gasteiger partial charge in [0.25, 0.3) is 0 Å². The fraction of sp³-hybridized carbons (Fsp3) is 0.727. The molecule has 1 aromatic rings. The number of ether oxygens (including phenoxy) is 1. The van der Waals surface area contributed by atoms with Gasteiger partial charge in [-0.1, -0.05) is 77.0 Å². The number of carbonyl (C=O) groups is 3. The highest BCUT2D eigenvalue weighted by Crippen LogP contribution is 2.29. The van der Waals surface area contributed by atoms with Gasteiger partial charge in [-0.15, -0.1) is 0 Å². The maximum absolute atomic E-state index is 14.4. The lowest BCUT2D eigenvalue weighted by Gasteiger charge is -2.36. The Kier molecular flexibility index (Phi) is 17.8. The number of thioether (sulfide) groups is 1. The molecular formula is C33H57N3O4S. The van der Waals surface area contributed by atoms with Gasteiger partial charge in [0, 0.05) is 13.1 Å². The second-order valence-electron chi connectivity index (χ2n) is 12.0. The van der Waals surface area contributed by atoms with Crippen molar-refractivity contribution >= 4 is 29.7 Å². The van der Waals surface area contributed by atoms with E-state index >= 15 is 0 Å². The third-order valence-electron chi connectivity index (χ3n) is 7.09. The monoisotopic (exact) mass is 591 g/mol. The number of alkyl carbamates (subject to hydrolysis) is 1. The number of benzene rings is 1. The smallest absolute Gasteiger partial charge is 0.408 e. The average Bonchev–Trinajstić information content (AvgIpc) is 2.90. The van der Waals surface area contributed by atoms with E-state index in [1.807, 2.05) is 38.3 Å². The lowest BCUT2D eigenvalue weighted by atomic mass is 9.93. The minimum Gasteiger partial charge on any atom is -0.444 e. The molecule has 0 fully saturated rings. The SMILES string of the molecule is CCCCCCCCN(C(=O)C(CCSC)NC(=O)OC(C)(C)C)C(C(=O)NCCCCC)c1c(C)cccc1C. The summed E-state index contributed by atoms with van der Waals surface area (Å²) in [5, 5.41) is 5.97. The van der Waals surface area contributed by atoms with E-state index in [4.69, 9.17) is 4.74 Å². The summed E-state index contributed by atoms with van der Waals surface area (Å²) in [6.45, 7) is 14.7. The molecule has 0 radical (unpaired) electrons. The highest BCUT2D eigenvalue weighted by atomic mass is 32.2. The van der Waals surface area contributed by atoms with Crippen LogP contribution in [0.3, 0.4) is 0 Å². The molecular weight excluding hydrogens is 534 g/mol. The summed E-state index contributed by atoms with van der Waals surface area (Å²) in [7, 11) is 0. The highest BCUT2D eigenvalue weighted by molar-refractivity contribution is 7.98. The summed E-state index contributed by atoms with van der Waals surface area (Å²) in [5.41, 5.74) is 2.12. The van der Waals surface area contributed by atoms with Gasteiger partial charge in [0.15, 0.2) is 0 Å². The van der Waals surface area contributed by atoms with Crippen molar-refractivity contribution in [2.24, 2.45) is 0 Å². The Labute approximate surface area is 254 Å². The molecule has 0 spiro atoms. The third kappa shape index (κ3) is 14.0. The molecule has 234 valence electrons. The molecule has 0 heterocycles. The van der Waals surface area contributed by atoms with Crippen molar-refractivity contribution in [3.05, 3.63) is 34.9 Å². The van der Waals surface area contributed by atoms with Crippen LogP contribution in [0, 0.1) is 13.8 Å². The standard InChI is InChI=1S/C33H57N3O4S/c1-9-11-13-14-15-17-23-36(31(38)27(21-24-41-8)35-32(39)40-33(5,6)7)29(30(37)34-22-16-12-10-2)28-25(3)19-18-20-26(28)4/h18-20,27,29H,9-17,21-24H2,1-8H3,(H,34,37)(H,35,39). The highest BCUT2D eigenvalue weighted by Gasteiger charge is 2.37. The van der Waals surface area contributed by atoms with Crippen molar-refractivity contribution in [1.82, 2.24) is 15.5 Å². The second-order valence-corrected chi connectivity index (χ2v) is 13.0. The molecule has 1 aromatic carbocycles. The van der Waals surface area contributed by atoms with Gasteiger partial charge >= 0.3 is 6.09 Å². The van der Waals surface area contributed by atoms with Crippen molar-refractivity contribution in [2.45, 2.75) is 130 Å². The van der Waals surface area contributed by atoms with Crippen LogP contribution in [0.25, 0.3) is 0 Å². The van der Waals surface area contributed by atoms with Crippen LogP contribution in [0.4, 0.5) is 4.79 Å².